The molecule has 1 unspecified atom stereocenters. The molecule has 2 fully saturated rings. The van der Waals surface area contributed by atoms with Gasteiger partial charge in [-0.3, -0.25) is 29.3 Å². The fourth-order valence-electron chi connectivity index (χ4n) is 5.16. The van der Waals surface area contributed by atoms with Gasteiger partial charge in [0.15, 0.2) is 0 Å². The largest absolute Gasteiger partial charge is 0.344 e. The number of imide groups is 1. The summed E-state index contributed by atoms with van der Waals surface area (Å²) in [7, 11) is 0. The molecule has 34 heavy (non-hydrogen) atoms. The second kappa shape index (κ2) is 9.19. The number of carbonyl (C=O) groups is 5. The van der Waals surface area contributed by atoms with Crippen LogP contribution in [0.3, 0.4) is 0 Å². The predicted molar refractivity (Wildman–Crippen MR) is 123 cm³/mol. The summed E-state index contributed by atoms with van der Waals surface area (Å²) in [5.74, 6) is -1.72. The van der Waals surface area contributed by atoms with Gasteiger partial charge in [-0.25, -0.2) is 0 Å². The topological polar surface area (TPSA) is 116 Å². The van der Waals surface area contributed by atoms with Gasteiger partial charge in [0.2, 0.25) is 11.8 Å². The number of fused-ring (bicyclic) bond motifs is 1. The van der Waals surface area contributed by atoms with Gasteiger partial charge in [-0.2, -0.15) is 0 Å². The number of nitrogens with one attached hydrogen (secondary N) is 2. The van der Waals surface area contributed by atoms with E-state index in [0.29, 0.717) is 24.6 Å². The average Bonchev–Trinajstić information content (AvgIpc) is 3.13. The van der Waals surface area contributed by atoms with E-state index in [1.54, 1.807) is 23.1 Å². The van der Waals surface area contributed by atoms with Crippen LogP contribution in [0.2, 0.25) is 0 Å². The third kappa shape index (κ3) is 4.69. The van der Waals surface area contributed by atoms with E-state index in [4.69, 9.17) is 0 Å². The fraction of sp³-hybridized carbons (Fsp3) is 0.560. The van der Waals surface area contributed by atoms with E-state index >= 15 is 0 Å². The van der Waals surface area contributed by atoms with Gasteiger partial charge in [-0.1, -0.05) is 32.9 Å². The molecule has 9 nitrogen and oxygen atoms in total. The van der Waals surface area contributed by atoms with Crippen molar-refractivity contribution in [3.63, 3.8) is 0 Å². The molecule has 3 aliphatic rings. The third-order valence-electron chi connectivity index (χ3n) is 7.32. The average molecular weight is 469 g/mol. The molecule has 0 spiro atoms. The first kappa shape index (κ1) is 23.9. The van der Waals surface area contributed by atoms with E-state index in [-0.39, 0.29) is 43.2 Å². The van der Waals surface area contributed by atoms with Crippen LogP contribution in [0.25, 0.3) is 0 Å². The molecule has 1 aromatic carbocycles. The lowest BCUT2D eigenvalue weighted by atomic mass is 9.75. The van der Waals surface area contributed by atoms with Crippen molar-refractivity contribution in [2.45, 2.75) is 65.6 Å². The smallest absolute Gasteiger partial charge is 0.311 e. The number of nitrogens with zero attached hydrogens (tertiary/aromatic N) is 2. The normalized spacial score (nSPS) is 21.4. The zero-order valence-corrected chi connectivity index (χ0v) is 20.0. The second-order valence-electron chi connectivity index (χ2n) is 10.5. The summed E-state index contributed by atoms with van der Waals surface area (Å²) < 4.78 is 0. The van der Waals surface area contributed by atoms with Crippen LogP contribution in [0, 0.1) is 11.3 Å². The number of hydrogen-bond acceptors (Lipinski definition) is 5. The number of piperidine rings is 2. The van der Waals surface area contributed by atoms with Crippen molar-refractivity contribution in [1.82, 2.24) is 20.4 Å². The first-order chi connectivity index (χ1) is 16.1. The van der Waals surface area contributed by atoms with E-state index in [2.05, 4.69) is 31.4 Å². The molecule has 4 rings (SSSR count). The van der Waals surface area contributed by atoms with Gasteiger partial charge in [-0.15, -0.1) is 0 Å². The molecule has 1 aromatic rings. The Labute approximate surface area is 199 Å². The maximum Gasteiger partial charge on any atom is 0.311 e. The lowest BCUT2D eigenvalue weighted by Crippen LogP contribution is -2.52. The molecule has 0 aliphatic carbocycles. The zero-order valence-electron chi connectivity index (χ0n) is 20.0. The third-order valence-corrected chi connectivity index (χ3v) is 7.32. The Morgan fingerprint density at radius 1 is 1.09 bits per heavy atom. The SMILES string of the molecule is CC(C)(C)C1CCN(C(=O)C(=O)NCc2cccc3c2CN(C2CCC(=O)NC2=O)C3=O)CC1. The zero-order chi connectivity index (χ0) is 24.6. The number of hydrogen-bond donors (Lipinski definition) is 2. The van der Waals surface area contributed by atoms with E-state index in [0.717, 1.165) is 24.0 Å². The summed E-state index contributed by atoms with van der Waals surface area (Å²) in [4.78, 5) is 65.0. The van der Waals surface area contributed by atoms with Gasteiger partial charge in [0, 0.05) is 38.2 Å². The number of likely N-dealkylation sites (tertiary alicyclic amines) is 1. The van der Waals surface area contributed by atoms with Crippen LogP contribution in [0.4, 0.5) is 0 Å². The van der Waals surface area contributed by atoms with E-state index in [9.17, 15) is 24.0 Å². The summed E-state index contributed by atoms with van der Waals surface area (Å²) in [5, 5.41) is 5.00. The maximum absolute atomic E-state index is 12.9. The van der Waals surface area contributed by atoms with E-state index < -0.39 is 23.8 Å². The molecule has 2 N–H and O–H groups in total. The number of carbonyl (C=O) groups excluding carboxylic acids is 5. The maximum atomic E-state index is 12.9. The Morgan fingerprint density at radius 3 is 2.44 bits per heavy atom. The van der Waals surface area contributed by atoms with Crippen LogP contribution < -0.4 is 10.6 Å². The van der Waals surface area contributed by atoms with Crippen molar-refractivity contribution in [3.05, 3.63) is 34.9 Å². The molecule has 1 atom stereocenters. The molecule has 5 amide bonds. The number of benzene rings is 1. The van der Waals surface area contributed by atoms with Crippen molar-refractivity contribution in [2.75, 3.05) is 13.1 Å². The van der Waals surface area contributed by atoms with E-state index in [1.165, 1.54) is 4.90 Å². The highest BCUT2D eigenvalue weighted by Crippen LogP contribution is 2.34. The highest BCUT2D eigenvalue weighted by atomic mass is 16.2. The Hall–Kier alpha value is -3.23. The Morgan fingerprint density at radius 2 is 1.79 bits per heavy atom. The van der Waals surface area contributed by atoms with E-state index in [1.807, 2.05) is 0 Å². The van der Waals surface area contributed by atoms with Crippen molar-refractivity contribution >= 4 is 29.5 Å². The molecule has 0 radical (unpaired) electrons. The number of amides is 5. The van der Waals surface area contributed by atoms with Gasteiger partial charge >= 0.3 is 11.8 Å². The minimum atomic E-state index is -0.697. The van der Waals surface area contributed by atoms with Gasteiger partial charge in [0.1, 0.15) is 6.04 Å². The van der Waals surface area contributed by atoms with Gasteiger partial charge in [0.05, 0.1) is 0 Å². The minimum absolute atomic E-state index is 0.114. The fourth-order valence-corrected chi connectivity index (χ4v) is 5.16. The standard InChI is InChI=1S/C25H32N4O5/c1-25(2,3)16-9-11-28(12-10-16)24(34)22(32)26-13-15-5-4-6-17-18(15)14-29(23(17)33)19-7-8-20(30)27-21(19)31/h4-6,16,19H,7-14H2,1-3H3,(H,26,32)(H,27,30,31). The monoisotopic (exact) mass is 468 g/mol. The summed E-state index contributed by atoms with van der Waals surface area (Å²) in [5.41, 5.74) is 2.13. The summed E-state index contributed by atoms with van der Waals surface area (Å²) in [6.45, 7) is 8.09. The summed E-state index contributed by atoms with van der Waals surface area (Å²) in [6.07, 6.45) is 2.24. The first-order valence-corrected chi connectivity index (χ1v) is 11.9. The van der Waals surface area contributed by atoms with Crippen LogP contribution in [-0.2, 0) is 32.3 Å². The quantitative estimate of drug-likeness (QED) is 0.513. The Kier molecular flexibility index (Phi) is 6.47. The summed E-state index contributed by atoms with van der Waals surface area (Å²) >= 11 is 0. The predicted octanol–water partition coefficient (Wildman–Crippen LogP) is 1.35. The molecule has 0 bridgehead atoms. The minimum Gasteiger partial charge on any atom is -0.344 e. The lowest BCUT2D eigenvalue weighted by Gasteiger charge is -2.38. The lowest BCUT2D eigenvalue weighted by molar-refractivity contribution is -0.147. The van der Waals surface area contributed by atoms with Crippen molar-refractivity contribution in [2.24, 2.45) is 11.3 Å². The van der Waals surface area contributed by atoms with Crippen molar-refractivity contribution in [1.29, 1.82) is 0 Å². The Balaban J connectivity index is 1.37. The van der Waals surface area contributed by atoms with Crippen LogP contribution >= 0.6 is 0 Å². The molecular formula is C25H32N4O5. The molecule has 9 heteroatoms. The molecule has 182 valence electrons. The molecule has 2 saturated heterocycles. The molecular weight excluding hydrogens is 436 g/mol. The van der Waals surface area contributed by atoms with Gasteiger partial charge in [-0.05, 0) is 47.8 Å². The van der Waals surface area contributed by atoms with Crippen LogP contribution in [0.1, 0.15) is 67.9 Å². The van der Waals surface area contributed by atoms with Crippen LogP contribution in [0.15, 0.2) is 18.2 Å². The van der Waals surface area contributed by atoms with Crippen LogP contribution in [0.5, 0.6) is 0 Å². The van der Waals surface area contributed by atoms with Crippen LogP contribution in [-0.4, -0.2) is 58.5 Å². The molecule has 3 aliphatic heterocycles. The van der Waals surface area contributed by atoms with Crippen molar-refractivity contribution in [3.8, 4) is 0 Å². The number of rotatable bonds is 3. The summed E-state index contributed by atoms with van der Waals surface area (Å²) in [6, 6.07) is 4.53. The van der Waals surface area contributed by atoms with Crippen molar-refractivity contribution < 1.29 is 24.0 Å². The highest BCUT2D eigenvalue weighted by molar-refractivity contribution is 6.35. The Bertz CT molecular complexity index is 1040. The van der Waals surface area contributed by atoms with Gasteiger partial charge in [0.25, 0.3) is 5.91 Å². The first-order valence-electron chi connectivity index (χ1n) is 11.9. The molecule has 0 saturated carbocycles. The second-order valence-corrected chi connectivity index (χ2v) is 10.5. The molecule has 3 heterocycles. The molecule has 0 aromatic heterocycles. The highest BCUT2D eigenvalue weighted by Gasteiger charge is 2.40. The van der Waals surface area contributed by atoms with Gasteiger partial charge < -0.3 is 15.1 Å².